The highest BCUT2D eigenvalue weighted by atomic mass is 16.2. The zero-order valence-electron chi connectivity index (χ0n) is 14.4. The van der Waals surface area contributed by atoms with Crippen LogP contribution >= 0.6 is 0 Å². The van der Waals surface area contributed by atoms with Crippen LogP contribution in [0, 0.1) is 0 Å². The fourth-order valence-electron chi connectivity index (χ4n) is 2.45. The highest BCUT2D eigenvalue weighted by Crippen LogP contribution is 2.12. The zero-order chi connectivity index (χ0) is 17.6. The van der Waals surface area contributed by atoms with Crippen LogP contribution < -0.4 is 10.3 Å². The Hall–Kier alpha value is -3.15. The van der Waals surface area contributed by atoms with Crippen molar-refractivity contribution in [1.82, 2.24) is 15.4 Å². The molecule has 0 saturated heterocycles. The van der Waals surface area contributed by atoms with Crippen molar-refractivity contribution >= 4 is 28.8 Å². The number of aromatic nitrogens is 2. The summed E-state index contributed by atoms with van der Waals surface area (Å²) in [5, 5.41) is 4.00. The molecule has 0 radical (unpaired) electrons. The molecule has 3 aromatic rings. The third-order valence-electron chi connectivity index (χ3n) is 3.84. The van der Waals surface area contributed by atoms with Gasteiger partial charge in [0.25, 0.3) is 0 Å². The molecule has 3 rings (SSSR count). The molecule has 1 heterocycles. The van der Waals surface area contributed by atoms with E-state index < -0.39 is 0 Å². The van der Waals surface area contributed by atoms with Gasteiger partial charge in [-0.05, 0) is 29.8 Å². The molecule has 2 aromatic carbocycles. The normalized spacial score (nSPS) is 11.1. The van der Waals surface area contributed by atoms with Gasteiger partial charge in [0.1, 0.15) is 5.82 Å². The first-order chi connectivity index (χ1) is 12.1. The molecule has 6 nitrogen and oxygen atoms in total. The standard InChI is InChI=1S/C19H21N5O/c1-24(2)15-9-7-14(8-10-15)13-20-23-19(25)12-11-18-21-16-5-3-4-6-17(16)22-18/h3-10,13H,11-12H2,1-2H3,(H,21,22)(H,23,25). The number of benzene rings is 2. The van der Waals surface area contributed by atoms with Gasteiger partial charge in [-0.25, -0.2) is 10.4 Å². The molecule has 2 N–H and O–H groups in total. The van der Waals surface area contributed by atoms with Crippen molar-refractivity contribution < 1.29 is 4.79 Å². The average molecular weight is 335 g/mol. The van der Waals surface area contributed by atoms with Crippen molar-refractivity contribution in [2.75, 3.05) is 19.0 Å². The monoisotopic (exact) mass is 335 g/mol. The largest absolute Gasteiger partial charge is 0.378 e. The number of H-pyrrole nitrogens is 1. The molecule has 0 bridgehead atoms. The molecule has 1 amide bonds. The van der Waals surface area contributed by atoms with E-state index in [2.05, 4.69) is 20.5 Å². The third-order valence-corrected chi connectivity index (χ3v) is 3.84. The van der Waals surface area contributed by atoms with Crippen molar-refractivity contribution in [2.45, 2.75) is 12.8 Å². The zero-order valence-corrected chi connectivity index (χ0v) is 14.4. The first-order valence-electron chi connectivity index (χ1n) is 8.15. The van der Waals surface area contributed by atoms with E-state index in [9.17, 15) is 4.79 Å². The van der Waals surface area contributed by atoms with Crippen molar-refractivity contribution in [1.29, 1.82) is 0 Å². The van der Waals surface area contributed by atoms with E-state index in [1.807, 2.05) is 67.5 Å². The first-order valence-corrected chi connectivity index (χ1v) is 8.15. The number of nitrogens with one attached hydrogen (secondary N) is 2. The molecule has 0 fully saturated rings. The number of carbonyl (C=O) groups excluding carboxylic acids is 1. The van der Waals surface area contributed by atoms with Crippen LogP contribution in [0.3, 0.4) is 0 Å². The second-order valence-electron chi connectivity index (χ2n) is 5.98. The smallest absolute Gasteiger partial charge is 0.240 e. The molecule has 1 aromatic heterocycles. The number of hydrogen-bond donors (Lipinski definition) is 2. The fraction of sp³-hybridized carbons (Fsp3) is 0.211. The number of rotatable bonds is 6. The Morgan fingerprint density at radius 3 is 2.68 bits per heavy atom. The van der Waals surface area contributed by atoms with Crippen molar-refractivity contribution in [3.8, 4) is 0 Å². The van der Waals surface area contributed by atoms with Gasteiger partial charge in [-0.15, -0.1) is 0 Å². The number of amides is 1. The number of aryl methyl sites for hydroxylation is 1. The van der Waals surface area contributed by atoms with Crippen LogP contribution in [0.5, 0.6) is 0 Å². The summed E-state index contributed by atoms with van der Waals surface area (Å²) in [5.41, 5.74) is 6.50. The number of nitrogens with zero attached hydrogens (tertiary/aromatic N) is 3. The second kappa shape index (κ2) is 7.61. The van der Waals surface area contributed by atoms with Gasteiger partial charge in [0.05, 0.1) is 17.2 Å². The maximum absolute atomic E-state index is 11.9. The summed E-state index contributed by atoms with van der Waals surface area (Å²) in [6.45, 7) is 0. The van der Waals surface area contributed by atoms with E-state index in [0.717, 1.165) is 28.1 Å². The maximum Gasteiger partial charge on any atom is 0.240 e. The number of para-hydroxylation sites is 2. The van der Waals surface area contributed by atoms with Crippen molar-refractivity contribution in [3.63, 3.8) is 0 Å². The van der Waals surface area contributed by atoms with Gasteiger partial charge in [-0.3, -0.25) is 4.79 Å². The second-order valence-corrected chi connectivity index (χ2v) is 5.98. The highest BCUT2D eigenvalue weighted by molar-refractivity contribution is 5.83. The quantitative estimate of drug-likeness (QED) is 0.537. The van der Waals surface area contributed by atoms with Gasteiger partial charge in [0, 0.05) is 32.6 Å². The molecule has 128 valence electrons. The lowest BCUT2D eigenvalue weighted by Crippen LogP contribution is -2.18. The van der Waals surface area contributed by atoms with E-state index in [-0.39, 0.29) is 5.91 Å². The summed E-state index contributed by atoms with van der Waals surface area (Å²) < 4.78 is 0. The average Bonchev–Trinajstić information content (AvgIpc) is 3.03. The number of carbonyl (C=O) groups is 1. The van der Waals surface area contributed by atoms with Gasteiger partial charge in [0.2, 0.25) is 5.91 Å². The summed E-state index contributed by atoms with van der Waals surface area (Å²) in [6, 6.07) is 15.7. The SMILES string of the molecule is CN(C)c1ccc(C=NNC(=O)CCc2nc3ccccc3[nH]2)cc1. The lowest BCUT2D eigenvalue weighted by molar-refractivity contribution is -0.121. The molecule has 0 saturated carbocycles. The number of hydrazone groups is 1. The van der Waals surface area contributed by atoms with Crippen LogP contribution in [0.1, 0.15) is 17.8 Å². The van der Waals surface area contributed by atoms with E-state index in [0.29, 0.717) is 12.8 Å². The molecule has 0 aliphatic rings. The van der Waals surface area contributed by atoms with E-state index >= 15 is 0 Å². The fourth-order valence-corrected chi connectivity index (χ4v) is 2.45. The van der Waals surface area contributed by atoms with Crippen LogP contribution in [-0.4, -0.2) is 36.2 Å². The minimum atomic E-state index is -0.137. The van der Waals surface area contributed by atoms with Crippen LogP contribution in [0.25, 0.3) is 11.0 Å². The topological polar surface area (TPSA) is 73.4 Å². The summed E-state index contributed by atoms with van der Waals surface area (Å²) in [7, 11) is 3.98. The predicted molar refractivity (Wildman–Crippen MR) is 101 cm³/mol. The Morgan fingerprint density at radius 1 is 1.20 bits per heavy atom. The molecule has 0 aliphatic heterocycles. The van der Waals surface area contributed by atoms with Crippen LogP contribution in [0.4, 0.5) is 5.69 Å². The van der Waals surface area contributed by atoms with Crippen LogP contribution in [0.15, 0.2) is 53.6 Å². The van der Waals surface area contributed by atoms with Crippen molar-refractivity contribution in [2.24, 2.45) is 5.10 Å². The van der Waals surface area contributed by atoms with Gasteiger partial charge in [-0.1, -0.05) is 24.3 Å². The summed E-state index contributed by atoms with van der Waals surface area (Å²) in [4.78, 5) is 21.6. The Labute approximate surface area is 146 Å². The van der Waals surface area contributed by atoms with Gasteiger partial charge in [-0.2, -0.15) is 5.10 Å². The molecule has 0 unspecified atom stereocenters. The maximum atomic E-state index is 11.9. The lowest BCUT2D eigenvalue weighted by atomic mass is 10.2. The number of aromatic amines is 1. The lowest BCUT2D eigenvalue weighted by Gasteiger charge is -2.11. The minimum Gasteiger partial charge on any atom is -0.378 e. The van der Waals surface area contributed by atoms with Gasteiger partial charge < -0.3 is 9.88 Å². The molecule has 0 atom stereocenters. The number of hydrogen-bond acceptors (Lipinski definition) is 4. The van der Waals surface area contributed by atoms with Crippen LogP contribution in [0.2, 0.25) is 0 Å². The third kappa shape index (κ3) is 4.44. The molecule has 25 heavy (non-hydrogen) atoms. The summed E-state index contributed by atoms with van der Waals surface area (Å²) in [6.07, 6.45) is 2.52. The summed E-state index contributed by atoms with van der Waals surface area (Å²) >= 11 is 0. The number of anilines is 1. The molecule has 6 heteroatoms. The van der Waals surface area contributed by atoms with Crippen LogP contribution in [-0.2, 0) is 11.2 Å². The van der Waals surface area contributed by atoms with Crippen molar-refractivity contribution in [3.05, 3.63) is 59.9 Å². The Kier molecular flexibility index (Phi) is 5.09. The summed E-state index contributed by atoms with van der Waals surface area (Å²) in [5.74, 6) is 0.668. The predicted octanol–water partition coefficient (Wildman–Crippen LogP) is 2.71. The highest BCUT2D eigenvalue weighted by Gasteiger charge is 2.05. The Bertz CT molecular complexity index is 847. The first kappa shape index (κ1) is 16.7. The number of imidazole rings is 1. The molecular weight excluding hydrogens is 314 g/mol. The molecule has 0 spiro atoms. The molecular formula is C19H21N5O. The minimum absolute atomic E-state index is 0.137. The van der Waals surface area contributed by atoms with E-state index in [4.69, 9.17) is 0 Å². The van der Waals surface area contributed by atoms with Gasteiger partial charge in [0.15, 0.2) is 0 Å². The Balaban J connectivity index is 1.48. The van der Waals surface area contributed by atoms with Gasteiger partial charge >= 0.3 is 0 Å². The van der Waals surface area contributed by atoms with E-state index in [1.165, 1.54) is 0 Å². The van der Waals surface area contributed by atoms with E-state index in [1.54, 1.807) is 6.21 Å². The number of fused-ring (bicyclic) bond motifs is 1. The molecule has 0 aliphatic carbocycles. The Morgan fingerprint density at radius 2 is 1.96 bits per heavy atom.